The van der Waals surface area contributed by atoms with Crippen LogP contribution < -0.4 is 16.4 Å². The second kappa shape index (κ2) is 5.41. The van der Waals surface area contributed by atoms with Gasteiger partial charge in [0.1, 0.15) is 10.8 Å². The fraction of sp³-hybridized carbons (Fsp3) is 0.300. The average molecular weight is 238 g/mol. The van der Waals surface area contributed by atoms with E-state index in [1.165, 1.54) is 0 Å². The monoisotopic (exact) mass is 238 g/mol. The van der Waals surface area contributed by atoms with E-state index in [9.17, 15) is 4.79 Å². The number of rotatable bonds is 5. The number of likely N-dealkylation sites (N-methyl/N-ethyl adjacent to an activating group) is 1. The molecule has 0 aromatic carbocycles. The Morgan fingerprint density at radius 3 is 2.75 bits per heavy atom. The van der Waals surface area contributed by atoms with Crippen molar-refractivity contribution in [1.82, 2.24) is 4.98 Å². The van der Waals surface area contributed by atoms with Gasteiger partial charge in [0.05, 0.1) is 6.54 Å². The molecule has 0 aliphatic rings. The van der Waals surface area contributed by atoms with E-state index in [2.05, 4.69) is 4.98 Å². The molecule has 5 nitrogen and oxygen atoms in total. The lowest BCUT2D eigenvalue weighted by Gasteiger charge is -2.20. The van der Waals surface area contributed by atoms with Gasteiger partial charge < -0.3 is 16.4 Å². The van der Waals surface area contributed by atoms with Crippen LogP contribution in [-0.2, 0) is 4.79 Å². The molecule has 0 bridgehead atoms. The van der Waals surface area contributed by atoms with Crippen LogP contribution in [0.3, 0.4) is 0 Å². The summed E-state index contributed by atoms with van der Waals surface area (Å²) in [4.78, 5) is 17.1. The van der Waals surface area contributed by atoms with Crippen LogP contribution in [0.15, 0.2) is 18.3 Å². The quantitative estimate of drug-likeness (QED) is 0.707. The lowest BCUT2D eigenvalue weighted by Crippen LogP contribution is -2.34. The highest BCUT2D eigenvalue weighted by molar-refractivity contribution is 7.80. The summed E-state index contributed by atoms with van der Waals surface area (Å²) in [5.74, 6) is 0.246. The number of carbonyl (C=O) groups is 1. The van der Waals surface area contributed by atoms with E-state index in [1.54, 1.807) is 23.2 Å². The first kappa shape index (κ1) is 12.4. The number of nitrogens with two attached hydrogens (primary N) is 2. The van der Waals surface area contributed by atoms with Crippen LogP contribution in [0.4, 0.5) is 5.82 Å². The molecule has 0 aliphatic carbocycles. The number of hydrogen-bond acceptors (Lipinski definition) is 4. The molecule has 1 rings (SSSR count). The zero-order chi connectivity index (χ0) is 12.1. The van der Waals surface area contributed by atoms with Crippen molar-refractivity contribution in [3.63, 3.8) is 0 Å². The molecule has 1 heterocycles. The van der Waals surface area contributed by atoms with E-state index in [0.29, 0.717) is 17.4 Å². The fourth-order valence-electron chi connectivity index (χ4n) is 1.29. The molecular weight excluding hydrogens is 224 g/mol. The molecule has 0 aliphatic heterocycles. The number of nitrogens with zero attached hydrogens (tertiary/aromatic N) is 2. The number of thiocarbonyl (C=S) groups is 1. The van der Waals surface area contributed by atoms with Crippen LogP contribution in [0.5, 0.6) is 0 Å². The lowest BCUT2D eigenvalue weighted by atomic mass is 10.2. The van der Waals surface area contributed by atoms with E-state index >= 15 is 0 Å². The van der Waals surface area contributed by atoms with Crippen molar-refractivity contribution in [3.05, 3.63) is 23.9 Å². The molecule has 0 atom stereocenters. The largest absolute Gasteiger partial charge is 0.389 e. The highest BCUT2D eigenvalue weighted by atomic mass is 32.1. The maximum absolute atomic E-state index is 10.9. The molecule has 1 amide bonds. The number of aromatic nitrogens is 1. The van der Waals surface area contributed by atoms with Crippen molar-refractivity contribution < 1.29 is 4.79 Å². The van der Waals surface area contributed by atoms with Gasteiger partial charge in [0.15, 0.2) is 0 Å². The van der Waals surface area contributed by atoms with Crippen molar-refractivity contribution in [3.8, 4) is 0 Å². The van der Waals surface area contributed by atoms with Gasteiger partial charge in [-0.15, -0.1) is 0 Å². The Bertz CT molecular complexity index is 408. The maximum Gasteiger partial charge on any atom is 0.236 e. The van der Waals surface area contributed by atoms with Gasteiger partial charge in [0.2, 0.25) is 5.91 Å². The first-order valence-corrected chi connectivity index (χ1v) is 5.24. The van der Waals surface area contributed by atoms with Gasteiger partial charge in [0, 0.05) is 18.3 Å². The topological polar surface area (TPSA) is 85.2 Å². The molecule has 0 unspecified atom stereocenters. The van der Waals surface area contributed by atoms with Crippen molar-refractivity contribution in [2.24, 2.45) is 11.5 Å². The van der Waals surface area contributed by atoms with Gasteiger partial charge in [-0.25, -0.2) is 4.98 Å². The summed E-state index contributed by atoms with van der Waals surface area (Å²) < 4.78 is 0. The van der Waals surface area contributed by atoms with Gasteiger partial charge in [-0.2, -0.15) is 0 Å². The standard InChI is InChI=1S/C10H14N4OS/c1-2-14(6-8(11)15)9-5-7(10(12)16)3-4-13-9/h3-5H,2,6H2,1H3,(H2,11,15)(H2,12,16). The Morgan fingerprint density at radius 1 is 1.56 bits per heavy atom. The third kappa shape index (κ3) is 3.16. The SMILES string of the molecule is CCN(CC(N)=O)c1cc(C(N)=S)ccn1. The van der Waals surface area contributed by atoms with E-state index < -0.39 is 5.91 Å². The van der Waals surface area contributed by atoms with Crippen LogP contribution >= 0.6 is 12.2 Å². The van der Waals surface area contributed by atoms with E-state index in [1.807, 2.05) is 6.92 Å². The summed E-state index contributed by atoms with van der Waals surface area (Å²) in [7, 11) is 0. The predicted octanol–water partition coefficient (Wildman–Crippen LogP) is 0.0274. The number of anilines is 1. The van der Waals surface area contributed by atoms with Crippen LogP contribution in [-0.4, -0.2) is 29.0 Å². The Kier molecular flexibility index (Phi) is 4.19. The number of carbonyl (C=O) groups excluding carboxylic acids is 1. The van der Waals surface area contributed by atoms with Crippen molar-refractivity contribution in [2.75, 3.05) is 18.0 Å². The highest BCUT2D eigenvalue weighted by Gasteiger charge is 2.09. The predicted molar refractivity (Wildman–Crippen MR) is 67.2 cm³/mol. The Morgan fingerprint density at radius 2 is 2.25 bits per heavy atom. The first-order chi connectivity index (χ1) is 7.54. The molecule has 0 spiro atoms. The van der Waals surface area contributed by atoms with Crippen LogP contribution in [0, 0.1) is 0 Å². The van der Waals surface area contributed by atoms with Crippen LogP contribution in [0.25, 0.3) is 0 Å². The van der Waals surface area contributed by atoms with Gasteiger partial charge >= 0.3 is 0 Å². The molecule has 1 aromatic rings. The number of primary amides is 1. The third-order valence-electron chi connectivity index (χ3n) is 2.08. The van der Waals surface area contributed by atoms with Crippen molar-refractivity contribution in [1.29, 1.82) is 0 Å². The molecule has 0 radical (unpaired) electrons. The summed E-state index contributed by atoms with van der Waals surface area (Å²) in [6.45, 7) is 2.68. The highest BCUT2D eigenvalue weighted by Crippen LogP contribution is 2.12. The van der Waals surface area contributed by atoms with E-state index in [4.69, 9.17) is 23.7 Å². The molecule has 0 saturated carbocycles. The Balaban J connectivity index is 2.96. The fourth-order valence-corrected chi connectivity index (χ4v) is 1.41. The Hall–Kier alpha value is -1.69. The summed E-state index contributed by atoms with van der Waals surface area (Å²) in [6, 6.07) is 3.47. The molecule has 4 N–H and O–H groups in total. The first-order valence-electron chi connectivity index (χ1n) is 4.83. The summed E-state index contributed by atoms with van der Waals surface area (Å²) in [5.41, 5.74) is 11.4. The number of amides is 1. The molecule has 1 aromatic heterocycles. The molecule has 86 valence electrons. The lowest BCUT2D eigenvalue weighted by molar-refractivity contribution is -0.116. The van der Waals surface area contributed by atoms with Gasteiger partial charge in [0.25, 0.3) is 0 Å². The summed E-state index contributed by atoms with van der Waals surface area (Å²) in [6.07, 6.45) is 1.60. The smallest absolute Gasteiger partial charge is 0.236 e. The number of hydrogen-bond donors (Lipinski definition) is 2. The van der Waals surface area contributed by atoms with Crippen LogP contribution in [0.1, 0.15) is 12.5 Å². The van der Waals surface area contributed by atoms with E-state index in [-0.39, 0.29) is 6.54 Å². The Labute approximate surface area is 99.4 Å². The minimum absolute atomic E-state index is 0.129. The zero-order valence-electron chi connectivity index (χ0n) is 9.01. The van der Waals surface area contributed by atoms with Gasteiger partial charge in [-0.05, 0) is 19.1 Å². The van der Waals surface area contributed by atoms with Crippen molar-refractivity contribution in [2.45, 2.75) is 6.92 Å². The second-order valence-electron chi connectivity index (χ2n) is 3.25. The van der Waals surface area contributed by atoms with Crippen molar-refractivity contribution >= 4 is 28.9 Å². The maximum atomic E-state index is 10.9. The minimum atomic E-state index is -0.399. The van der Waals surface area contributed by atoms with E-state index in [0.717, 1.165) is 5.56 Å². The van der Waals surface area contributed by atoms with Crippen LogP contribution in [0.2, 0.25) is 0 Å². The third-order valence-corrected chi connectivity index (χ3v) is 2.32. The summed E-state index contributed by atoms with van der Waals surface area (Å²) in [5, 5.41) is 0. The molecule has 0 saturated heterocycles. The summed E-state index contributed by atoms with van der Waals surface area (Å²) >= 11 is 4.87. The van der Waals surface area contributed by atoms with Gasteiger partial charge in [-0.3, -0.25) is 4.79 Å². The zero-order valence-corrected chi connectivity index (χ0v) is 9.83. The number of pyridine rings is 1. The molecule has 0 fully saturated rings. The minimum Gasteiger partial charge on any atom is -0.389 e. The normalized spacial score (nSPS) is 9.81. The van der Waals surface area contributed by atoms with Gasteiger partial charge in [-0.1, -0.05) is 12.2 Å². The molecular formula is C10H14N4OS. The second-order valence-corrected chi connectivity index (χ2v) is 3.69. The molecule has 16 heavy (non-hydrogen) atoms. The molecule has 6 heteroatoms. The average Bonchev–Trinajstić information content (AvgIpc) is 2.25.